The summed E-state index contributed by atoms with van der Waals surface area (Å²) in [4.78, 5) is 12.8. The fourth-order valence-electron chi connectivity index (χ4n) is 1.37. The Morgan fingerprint density at radius 2 is 2.20 bits per heavy atom. The standard InChI is InChI=1S/C12H16FNO/c1-10(15)6-7-14(2)9-11-4-3-5-12(13)8-11/h3-5,8H,6-7,9H2,1-2H3. The molecule has 1 aromatic carbocycles. The van der Waals surface area contributed by atoms with E-state index in [9.17, 15) is 9.18 Å². The summed E-state index contributed by atoms with van der Waals surface area (Å²) in [6.45, 7) is 2.97. The molecule has 0 radical (unpaired) electrons. The lowest BCUT2D eigenvalue weighted by atomic mass is 10.2. The maximum absolute atomic E-state index is 12.9. The summed E-state index contributed by atoms with van der Waals surface area (Å²) in [6.07, 6.45) is 0.547. The van der Waals surface area contributed by atoms with Crippen molar-refractivity contribution < 1.29 is 9.18 Å². The van der Waals surface area contributed by atoms with Crippen LogP contribution in [0.15, 0.2) is 24.3 Å². The minimum absolute atomic E-state index is 0.182. The Morgan fingerprint density at radius 3 is 2.80 bits per heavy atom. The third kappa shape index (κ3) is 4.70. The van der Waals surface area contributed by atoms with E-state index in [4.69, 9.17) is 0 Å². The van der Waals surface area contributed by atoms with E-state index in [2.05, 4.69) is 0 Å². The highest BCUT2D eigenvalue weighted by Crippen LogP contribution is 2.06. The minimum Gasteiger partial charge on any atom is -0.302 e. The predicted molar refractivity (Wildman–Crippen MR) is 58.0 cm³/mol. The summed E-state index contributed by atoms with van der Waals surface area (Å²) in [5.41, 5.74) is 0.932. The highest BCUT2D eigenvalue weighted by Gasteiger charge is 2.02. The topological polar surface area (TPSA) is 20.3 Å². The summed E-state index contributed by atoms with van der Waals surface area (Å²) in [7, 11) is 1.92. The Hall–Kier alpha value is -1.22. The molecule has 0 heterocycles. The van der Waals surface area contributed by atoms with E-state index in [1.165, 1.54) is 12.1 Å². The Kier molecular flexibility index (Phi) is 4.43. The van der Waals surface area contributed by atoms with Crippen LogP contribution in [0.25, 0.3) is 0 Å². The van der Waals surface area contributed by atoms with Gasteiger partial charge in [0, 0.05) is 19.5 Å². The van der Waals surface area contributed by atoms with Gasteiger partial charge in [-0.2, -0.15) is 0 Å². The lowest BCUT2D eigenvalue weighted by Gasteiger charge is -2.15. The first-order valence-electron chi connectivity index (χ1n) is 5.00. The zero-order valence-corrected chi connectivity index (χ0v) is 9.16. The number of Topliss-reactive ketones (excluding diaryl/α,β-unsaturated/α-hetero) is 1. The van der Waals surface area contributed by atoms with E-state index >= 15 is 0 Å². The SMILES string of the molecule is CC(=O)CCN(C)Cc1cccc(F)c1. The van der Waals surface area contributed by atoms with Crippen LogP contribution in [-0.2, 0) is 11.3 Å². The highest BCUT2D eigenvalue weighted by molar-refractivity contribution is 5.75. The number of carbonyl (C=O) groups is 1. The summed E-state index contributed by atoms with van der Waals surface area (Å²) < 4.78 is 12.9. The second-order valence-corrected chi connectivity index (χ2v) is 3.82. The van der Waals surface area contributed by atoms with Gasteiger partial charge in [0.25, 0.3) is 0 Å². The van der Waals surface area contributed by atoms with Crippen molar-refractivity contribution in [2.24, 2.45) is 0 Å². The quantitative estimate of drug-likeness (QED) is 0.741. The minimum atomic E-state index is -0.215. The van der Waals surface area contributed by atoms with Gasteiger partial charge in [-0.3, -0.25) is 4.79 Å². The monoisotopic (exact) mass is 209 g/mol. The zero-order valence-electron chi connectivity index (χ0n) is 9.16. The molecule has 0 amide bonds. The molecule has 1 rings (SSSR count). The van der Waals surface area contributed by atoms with Crippen molar-refractivity contribution in [1.29, 1.82) is 0 Å². The summed E-state index contributed by atoms with van der Waals surface area (Å²) >= 11 is 0. The van der Waals surface area contributed by atoms with Crippen LogP contribution in [0, 0.1) is 5.82 Å². The lowest BCUT2D eigenvalue weighted by molar-refractivity contribution is -0.117. The van der Waals surface area contributed by atoms with Gasteiger partial charge in [0.15, 0.2) is 0 Å². The second-order valence-electron chi connectivity index (χ2n) is 3.82. The first-order chi connectivity index (χ1) is 7.08. The van der Waals surface area contributed by atoms with Gasteiger partial charge in [-0.25, -0.2) is 4.39 Å². The fourth-order valence-corrected chi connectivity index (χ4v) is 1.37. The van der Waals surface area contributed by atoms with Crippen LogP contribution in [-0.4, -0.2) is 24.3 Å². The largest absolute Gasteiger partial charge is 0.302 e. The Morgan fingerprint density at radius 1 is 1.47 bits per heavy atom. The molecular formula is C12H16FNO. The number of hydrogen-bond acceptors (Lipinski definition) is 2. The third-order valence-corrected chi connectivity index (χ3v) is 2.19. The van der Waals surface area contributed by atoms with Crippen LogP contribution < -0.4 is 0 Å². The van der Waals surface area contributed by atoms with Crippen molar-refractivity contribution in [1.82, 2.24) is 4.90 Å². The smallest absolute Gasteiger partial charge is 0.131 e. The van der Waals surface area contributed by atoms with Crippen molar-refractivity contribution in [3.05, 3.63) is 35.6 Å². The summed E-state index contributed by atoms with van der Waals surface area (Å²) in [5, 5.41) is 0. The Balaban J connectivity index is 2.44. The van der Waals surface area contributed by atoms with Gasteiger partial charge in [-0.15, -0.1) is 0 Å². The molecule has 0 aliphatic carbocycles. The number of rotatable bonds is 5. The number of hydrogen-bond donors (Lipinski definition) is 0. The van der Waals surface area contributed by atoms with Crippen LogP contribution in [0.2, 0.25) is 0 Å². The van der Waals surface area contributed by atoms with Crippen molar-refractivity contribution in [3.63, 3.8) is 0 Å². The molecule has 0 spiro atoms. The molecule has 0 aliphatic heterocycles. The Bertz CT molecular complexity index is 338. The predicted octanol–water partition coefficient (Wildman–Crippen LogP) is 2.24. The maximum atomic E-state index is 12.9. The van der Waals surface area contributed by atoms with Gasteiger partial charge in [-0.05, 0) is 31.7 Å². The molecule has 0 saturated heterocycles. The normalized spacial score (nSPS) is 10.7. The van der Waals surface area contributed by atoms with Gasteiger partial charge in [0.05, 0.1) is 0 Å². The molecule has 15 heavy (non-hydrogen) atoms. The van der Waals surface area contributed by atoms with Crippen LogP contribution in [0.4, 0.5) is 4.39 Å². The first kappa shape index (κ1) is 11.9. The van der Waals surface area contributed by atoms with Gasteiger partial charge in [0.2, 0.25) is 0 Å². The second kappa shape index (κ2) is 5.61. The van der Waals surface area contributed by atoms with Crippen molar-refractivity contribution in [2.75, 3.05) is 13.6 Å². The van der Waals surface area contributed by atoms with E-state index in [0.717, 1.165) is 5.56 Å². The van der Waals surface area contributed by atoms with E-state index < -0.39 is 0 Å². The molecule has 0 atom stereocenters. The average Bonchev–Trinajstić information content (AvgIpc) is 2.15. The van der Waals surface area contributed by atoms with Gasteiger partial charge in [-0.1, -0.05) is 12.1 Å². The third-order valence-electron chi connectivity index (χ3n) is 2.19. The van der Waals surface area contributed by atoms with Crippen LogP contribution >= 0.6 is 0 Å². The van der Waals surface area contributed by atoms with Crippen LogP contribution in [0.1, 0.15) is 18.9 Å². The number of nitrogens with zero attached hydrogens (tertiary/aromatic N) is 1. The lowest BCUT2D eigenvalue weighted by Crippen LogP contribution is -2.20. The van der Waals surface area contributed by atoms with Crippen molar-refractivity contribution >= 4 is 5.78 Å². The van der Waals surface area contributed by atoms with Gasteiger partial charge in [0.1, 0.15) is 11.6 Å². The zero-order chi connectivity index (χ0) is 11.3. The number of ketones is 1. The molecule has 0 aliphatic rings. The number of benzene rings is 1. The molecule has 0 fully saturated rings. The van der Waals surface area contributed by atoms with Crippen molar-refractivity contribution in [2.45, 2.75) is 19.9 Å². The van der Waals surface area contributed by atoms with E-state index in [1.54, 1.807) is 13.0 Å². The average molecular weight is 209 g/mol. The Labute approximate surface area is 89.7 Å². The summed E-state index contributed by atoms with van der Waals surface area (Å²) in [6, 6.07) is 6.53. The highest BCUT2D eigenvalue weighted by atomic mass is 19.1. The van der Waals surface area contributed by atoms with Gasteiger partial charge < -0.3 is 4.90 Å². The molecule has 3 heteroatoms. The molecular weight excluding hydrogens is 193 g/mol. The fraction of sp³-hybridized carbons (Fsp3) is 0.417. The van der Waals surface area contributed by atoms with Gasteiger partial charge >= 0.3 is 0 Å². The number of halogens is 1. The summed E-state index contributed by atoms with van der Waals surface area (Å²) in [5.74, 6) is -0.0337. The molecule has 0 saturated carbocycles. The molecule has 2 nitrogen and oxygen atoms in total. The molecule has 0 bridgehead atoms. The molecule has 0 unspecified atom stereocenters. The first-order valence-corrected chi connectivity index (χ1v) is 5.00. The number of carbonyl (C=O) groups excluding carboxylic acids is 1. The molecule has 82 valence electrons. The van der Waals surface area contributed by atoms with E-state index in [-0.39, 0.29) is 11.6 Å². The molecule has 0 aromatic heterocycles. The van der Waals surface area contributed by atoms with Crippen LogP contribution in [0.5, 0.6) is 0 Å². The van der Waals surface area contributed by atoms with E-state index in [1.807, 2.05) is 18.0 Å². The maximum Gasteiger partial charge on any atom is 0.131 e. The van der Waals surface area contributed by atoms with E-state index in [0.29, 0.717) is 19.5 Å². The van der Waals surface area contributed by atoms with Crippen molar-refractivity contribution in [3.8, 4) is 0 Å². The van der Waals surface area contributed by atoms with Crippen LogP contribution in [0.3, 0.4) is 0 Å². The molecule has 0 N–H and O–H groups in total. The molecule has 1 aromatic rings.